The summed E-state index contributed by atoms with van der Waals surface area (Å²) in [6, 6.07) is 6.52. The second-order valence-electron chi connectivity index (χ2n) is 6.48. The molecular formula is C18H19BrF3N3O. The van der Waals surface area contributed by atoms with Gasteiger partial charge in [-0.3, -0.25) is 9.48 Å². The van der Waals surface area contributed by atoms with Crippen molar-refractivity contribution >= 4 is 27.5 Å². The lowest BCUT2D eigenvalue weighted by Gasteiger charge is -2.16. The molecular weight excluding hydrogens is 411 g/mol. The average Bonchev–Trinajstić information content (AvgIpc) is 3.36. The number of nitrogens with zero attached hydrogens (tertiary/aromatic N) is 2. The molecule has 0 bridgehead atoms. The zero-order valence-corrected chi connectivity index (χ0v) is 16.0. The molecule has 1 fully saturated rings. The van der Waals surface area contributed by atoms with Gasteiger partial charge in [0.1, 0.15) is 6.04 Å². The van der Waals surface area contributed by atoms with E-state index in [4.69, 9.17) is 0 Å². The second-order valence-corrected chi connectivity index (χ2v) is 7.27. The number of hydrogen-bond acceptors (Lipinski definition) is 2. The molecule has 0 aliphatic heterocycles. The predicted molar refractivity (Wildman–Crippen MR) is 96.1 cm³/mol. The Bertz CT molecular complexity index is 810. The molecule has 1 unspecified atom stereocenters. The zero-order chi connectivity index (χ0) is 19.1. The summed E-state index contributed by atoms with van der Waals surface area (Å²) in [5.74, 6) is -0.396. The van der Waals surface area contributed by atoms with Crippen molar-refractivity contribution in [2.45, 2.75) is 51.2 Å². The number of alkyl halides is 3. The van der Waals surface area contributed by atoms with Gasteiger partial charge in [0.15, 0.2) is 5.69 Å². The van der Waals surface area contributed by atoms with Crippen molar-refractivity contribution in [3.05, 3.63) is 45.7 Å². The van der Waals surface area contributed by atoms with E-state index < -0.39 is 23.8 Å². The number of carbonyl (C=O) groups is 1. The highest BCUT2D eigenvalue weighted by Gasteiger charge is 2.43. The van der Waals surface area contributed by atoms with Crippen LogP contribution in [0.1, 0.15) is 55.6 Å². The number of benzene rings is 1. The Morgan fingerprint density at radius 1 is 1.35 bits per heavy atom. The van der Waals surface area contributed by atoms with Crippen molar-refractivity contribution in [3.63, 3.8) is 0 Å². The molecule has 0 saturated heterocycles. The van der Waals surface area contributed by atoms with Crippen molar-refractivity contribution in [1.29, 1.82) is 0 Å². The first-order chi connectivity index (χ1) is 12.2. The summed E-state index contributed by atoms with van der Waals surface area (Å²) in [5, 5.41) is 6.47. The van der Waals surface area contributed by atoms with Gasteiger partial charge in [0.25, 0.3) is 0 Å². The van der Waals surface area contributed by atoms with Crippen LogP contribution >= 0.6 is 15.9 Å². The van der Waals surface area contributed by atoms with Crippen molar-refractivity contribution in [1.82, 2.24) is 9.78 Å². The van der Waals surface area contributed by atoms with Crippen LogP contribution in [-0.4, -0.2) is 15.7 Å². The fraction of sp³-hybridized carbons (Fsp3) is 0.444. The molecule has 1 atom stereocenters. The number of nitrogens with one attached hydrogen (secondary N) is 1. The lowest BCUT2D eigenvalue weighted by molar-refractivity contribution is -0.142. The maximum Gasteiger partial charge on any atom is 0.436 e. The minimum Gasteiger partial charge on any atom is -0.324 e. The molecule has 3 rings (SSSR count). The predicted octanol–water partition coefficient (Wildman–Crippen LogP) is 5.30. The second kappa shape index (κ2) is 7.06. The van der Waals surface area contributed by atoms with Crippen LogP contribution in [0.15, 0.2) is 28.7 Å². The van der Waals surface area contributed by atoms with Crippen LogP contribution in [0, 0.1) is 0 Å². The summed E-state index contributed by atoms with van der Waals surface area (Å²) < 4.78 is 40.8. The van der Waals surface area contributed by atoms with Gasteiger partial charge >= 0.3 is 6.18 Å². The van der Waals surface area contributed by atoms with Crippen LogP contribution in [0.3, 0.4) is 0 Å². The van der Waals surface area contributed by atoms with E-state index in [2.05, 4.69) is 26.3 Å². The Balaban J connectivity index is 1.86. The van der Waals surface area contributed by atoms with Gasteiger partial charge in [-0.15, -0.1) is 0 Å². The van der Waals surface area contributed by atoms with Gasteiger partial charge in [0.05, 0.1) is 10.2 Å². The van der Waals surface area contributed by atoms with E-state index in [0.29, 0.717) is 11.4 Å². The number of anilines is 1. The maximum absolute atomic E-state index is 13.2. The third-order valence-electron chi connectivity index (χ3n) is 4.50. The summed E-state index contributed by atoms with van der Waals surface area (Å²) in [5.41, 5.74) is 1.21. The van der Waals surface area contributed by atoms with E-state index in [0.717, 1.165) is 24.8 Å². The van der Waals surface area contributed by atoms with E-state index in [9.17, 15) is 18.0 Å². The standard InChI is InChI=1S/C18H19BrF3N3O/c1-3-11-4-8-13(9-5-11)23-17(26)10(2)25-15(12-6-7-12)14(19)16(24-25)18(20,21)22/h4-5,8-10,12H,3,6-7H2,1-2H3,(H,23,26). The molecule has 1 heterocycles. The minimum atomic E-state index is -4.57. The number of amides is 1. The molecule has 1 amide bonds. The fourth-order valence-electron chi connectivity index (χ4n) is 2.81. The van der Waals surface area contributed by atoms with E-state index in [1.165, 1.54) is 4.68 Å². The average molecular weight is 430 g/mol. The number of rotatable bonds is 5. The first-order valence-electron chi connectivity index (χ1n) is 8.47. The van der Waals surface area contributed by atoms with Gasteiger partial charge in [-0.25, -0.2) is 0 Å². The molecule has 0 spiro atoms. The number of halogens is 4. The van der Waals surface area contributed by atoms with Crippen LogP contribution in [0.25, 0.3) is 0 Å². The van der Waals surface area contributed by atoms with Crippen LogP contribution in [0.2, 0.25) is 0 Å². The Kier molecular flexibility index (Phi) is 5.14. The van der Waals surface area contributed by atoms with Crippen molar-refractivity contribution in [2.75, 3.05) is 5.32 Å². The quantitative estimate of drug-likeness (QED) is 0.700. The van der Waals surface area contributed by atoms with E-state index in [1.54, 1.807) is 19.1 Å². The monoisotopic (exact) mass is 429 g/mol. The summed E-state index contributed by atoms with van der Waals surface area (Å²) in [6.45, 7) is 3.59. The van der Waals surface area contributed by atoms with Gasteiger partial charge < -0.3 is 5.32 Å². The lowest BCUT2D eigenvalue weighted by atomic mass is 10.1. The molecule has 2 aromatic rings. The van der Waals surface area contributed by atoms with Crippen molar-refractivity contribution < 1.29 is 18.0 Å². The van der Waals surface area contributed by atoms with E-state index in [1.807, 2.05) is 19.1 Å². The smallest absolute Gasteiger partial charge is 0.324 e. The van der Waals surface area contributed by atoms with Gasteiger partial charge in [0.2, 0.25) is 5.91 Å². The molecule has 1 aliphatic rings. The molecule has 1 aromatic heterocycles. The van der Waals surface area contributed by atoms with Gasteiger partial charge in [-0.2, -0.15) is 18.3 Å². The molecule has 1 aromatic carbocycles. The molecule has 1 aliphatic carbocycles. The Hall–Kier alpha value is -1.83. The molecule has 1 saturated carbocycles. The Morgan fingerprint density at radius 3 is 2.46 bits per heavy atom. The molecule has 8 heteroatoms. The minimum absolute atomic E-state index is 0.00654. The van der Waals surface area contributed by atoms with Gasteiger partial charge in [-0.05, 0) is 59.8 Å². The molecule has 0 radical (unpaired) electrons. The lowest BCUT2D eigenvalue weighted by Crippen LogP contribution is -2.26. The van der Waals surface area contributed by atoms with E-state index in [-0.39, 0.29) is 10.4 Å². The third kappa shape index (κ3) is 3.79. The third-order valence-corrected chi connectivity index (χ3v) is 5.28. The molecule has 1 N–H and O–H groups in total. The van der Waals surface area contributed by atoms with E-state index >= 15 is 0 Å². The Labute approximate surface area is 157 Å². The van der Waals surface area contributed by atoms with Gasteiger partial charge in [-0.1, -0.05) is 19.1 Å². The summed E-state index contributed by atoms with van der Waals surface area (Å²) in [4.78, 5) is 12.6. The number of aryl methyl sites for hydroxylation is 1. The molecule has 4 nitrogen and oxygen atoms in total. The number of aromatic nitrogens is 2. The van der Waals surface area contributed by atoms with Crippen LogP contribution < -0.4 is 5.32 Å². The highest BCUT2D eigenvalue weighted by atomic mass is 79.9. The zero-order valence-electron chi connectivity index (χ0n) is 14.4. The van der Waals surface area contributed by atoms with Crippen LogP contribution in [-0.2, 0) is 17.4 Å². The number of hydrogen-bond donors (Lipinski definition) is 1. The molecule has 140 valence electrons. The van der Waals surface area contributed by atoms with Gasteiger partial charge in [0, 0.05) is 11.6 Å². The normalized spacial score (nSPS) is 15.8. The van der Waals surface area contributed by atoms with Crippen molar-refractivity contribution in [2.24, 2.45) is 0 Å². The van der Waals surface area contributed by atoms with Crippen LogP contribution in [0.4, 0.5) is 18.9 Å². The summed E-state index contributed by atoms with van der Waals surface area (Å²) in [6.07, 6.45) is -2.08. The van der Waals surface area contributed by atoms with Crippen molar-refractivity contribution in [3.8, 4) is 0 Å². The largest absolute Gasteiger partial charge is 0.436 e. The first kappa shape index (κ1) is 18.9. The topological polar surface area (TPSA) is 46.9 Å². The highest BCUT2D eigenvalue weighted by molar-refractivity contribution is 9.10. The Morgan fingerprint density at radius 2 is 1.96 bits per heavy atom. The number of carbonyl (C=O) groups excluding carboxylic acids is 1. The summed E-state index contributed by atoms with van der Waals surface area (Å²) >= 11 is 3.04. The SMILES string of the molecule is CCc1ccc(NC(=O)C(C)n2nc(C(F)(F)F)c(Br)c2C2CC2)cc1. The van der Waals surface area contributed by atoms with Crippen LogP contribution in [0.5, 0.6) is 0 Å². The highest BCUT2D eigenvalue weighted by Crippen LogP contribution is 2.47. The maximum atomic E-state index is 13.2. The first-order valence-corrected chi connectivity index (χ1v) is 9.26. The summed E-state index contributed by atoms with van der Waals surface area (Å²) in [7, 11) is 0. The molecule has 26 heavy (non-hydrogen) atoms. The fourth-order valence-corrected chi connectivity index (χ4v) is 3.62.